The van der Waals surface area contributed by atoms with E-state index in [1.54, 1.807) is 7.11 Å². The predicted molar refractivity (Wildman–Crippen MR) is 95.4 cm³/mol. The molecular weight excluding hydrogens is 318 g/mol. The van der Waals surface area contributed by atoms with E-state index in [9.17, 15) is 9.59 Å². The van der Waals surface area contributed by atoms with Crippen molar-refractivity contribution >= 4 is 11.9 Å². The van der Waals surface area contributed by atoms with Crippen molar-refractivity contribution in [1.82, 2.24) is 4.90 Å². The van der Waals surface area contributed by atoms with E-state index in [0.29, 0.717) is 19.4 Å². The Morgan fingerprint density at radius 2 is 1.68 bits per heavy atom. The van der Waals surface area contributed by atoms with Crippen LogP contribution in [0.1, 0.15) is 24.0 Å². The largest absolute Gasteiger partial charge is 0.497 e. The van der Waals surface area contributed by atoms with E-state index in [2.05, 4.69) is 0 Å². The number of rotatable bonds is 9. The number of carbonyl (C=O) groups is 2. The average Bonchev–Trinajstić information content (AvgIpc) is 2.62. The summed E-state index contributed by atoms with van der Waals surface area (Å²) in [6.45, 7) is 0.0325. The van der Waals surface area contributed by atoms with Gasteiger partial charge in [-0.2, -0.15) is 0 Å². The van der Waals surface area contributed by atoms with Gasteiger partial charge in [0.1, 0.15) is 12.3 Å². The molecule has 0 saturated carbocycles. The molecule has 5 nitrogen and oxygen atoms in total. The zero-order chi connectivity index (χ0) is 18.1. The second kappa shape index (κ2) is 9.47. The minimum atomic E-state index is -1.00. The van der Waals surface area contributed by atoms with E-state index >= 15 is 0 Å². The first-order valence-electron chi connectivity index (χ1n) is 8.25. The Hall–Kier alpha value is -2.82. The summed E-state index contributed by atoms with van der Waals surface area (Å²) in [5.41, 5.74) is 2.05. The average molecular weight is 341 g/mol. The van der Waals surface area contributed by atoms with E-state index in [4.69, 9.17) is 9.84 Å². The molecule has 2 rings (SSSR count). The molecule has 0 aliphatic rings. The van der Waals surface area contributed by atoms with Crippen LogP contribution in [0.2, 0.25) is 0 Å². The zero-order valence-corrected chi connectivity index (χ0v) is 14.4. The number of carboxylic acid groups (broad SMARTS) is 1. The van der Waals surface area contributed by atoms with Crippen LogP contribution in [0.4, 0.5) is 0 Å². The van der Waals surface area contributed by atoms with Gasteiger partial charge in [-0.1, -0.05) is 42.5 Å². The van der Waals surface area contributed by atoms with E-state index in [1.807, 2.05) is 54.6 Å². The number of amides is 1. The maximum Gasteiger partial charge on any atom is 0.323 e. The summed E-state index contributed by atoms with van der Waals surface area (Å²) in [4.78, 5) is 24.9. The highest BCUT2D eigenvalue weighted by Crippen LogP contribution is 2.14. The molecule has 0 spiro atoms. The van der Waals surface area contributed by atoms with E-state index in [0.717, 1.165) is 23.3 Å². The van der Waals surface area contributed by atoms with Crippen molar-refractivity contribution in [3.05, 3.63) is 65.7 Å². The van der Waals surface area contributed by atoms with Gasteiger partial charge < -0.3 is 14.7 Å². The second-order valence-corrected chi connectivity index (χ2v) is 5.83. The lowest BCUT2D eigenvalue weighted by atomic mass is 10.1. The highest BCUT2D eigenvalue weighted by atomic mass is 16.5. The van der Waals surface area contributed by atoms with Crippen molar-refractivity contribution in [2.75, 3.05) is 13.7 Å². The van der Waals surface area contributed by atoms with Crippen LogP contribution in [-0.4, -0.2) is 35.5 Å². The van der Waals surface area contributed by atoms with Gasteiger partial charge in [0, 0.05) is 13.0 Å². The first-order chi connectivity index (χ1) is 12.1. The fourth-order valence-electron chi connectivity index (χ4n) is 2.59. The molecule has 1 N–H and O–H groups in total. The molecule has 0 bridgehead atoms. The number of benzene rings is 2. The zero-order valence-electron chi connectivity index (χ0n) is 14.4. The van der Waals surface area contributed by atoms with Gasteiger partial charge in [0.15, 0.2) is 0 Å². The van der Waals surface area contributed by atoms with Crippen molar-refractivity contribution < 1.29 is 19.4 Å². The van der Waals surface area contributed by atoms with Gasteiger partial charge in [-0.3, -0.25) is 9.59 Å². The Labute approximate surface area is 147 Å². The number of nitrogens with zero attached hydrogens (tertiary/aromatic N) is 1. The summed E-state index contributed by atoms with van der Waals surface area (Å²) in [6.07, 6.45) is 1.77. The Kier molecular flexibility index (Phi) is 7.01. The third-order valence-corrected chi connectivity index (χ3v) is 3.91. The van der Waals surface area contributed by atoms with Crippen molar-refractivity contribution in [2.24, 2.45) is 0 Å². The first kappa shape index (κ1) is 18.5. The number of hydrogen-bond acceptors (Lipinski definition) is 3. The fourth-order valence-corrected chi connectivity index (χ4v) is 2.59. The highest BCUT2D eigenvalue weighted by Gasteiger charge is 2.16. The molecule has 2 aromatic rings. The molecule has 0 radical (unpaired) electrons. The van der Waals surface area contributed by atoms with Gasteiger partial charge in [-0.25, -0.2) is 0 Å². The van der Waals surface area contributed by atoms with Crippen LogP contribution in [0, 0.1) is 0 Å². The van der Waals surface area contributed by atoms with Crippen LogP contribution >= 0.6 is 0 Å². The molecule has 5 heteroatoms. The van der Waals surface area contributed by atoms with Crippen LogP contribution in [0.3, 0.4) is 0 Å². The molecule has 132 valence electrons. The van der Waals surface area contributed by atoms with Crippen LogP contribution in [0.25, 0.3) is 0 Å². The maximum atomic E-state index is 12.4. The highest BCUT2D eigenvalue weighted by molar-refractivity contribution is 5.81. The number of aryl methyl sites for hydroxylation is 1. The standard InChI is InChI=1S/C20H23NO4/c1-25-18-12-10-16(11-13-18)8-5-9-19(22)21(15-20(23)24)14-17-6-3-2-4-7-17/h2-4,6-7,10-13H,5,8-9,14-15H2,1H3,(H,23,24). The Morgan fingerprint density at radius 3 is 2.28 bits per heavy atom. The van der Waals surface area contributed by atoms with Crippen molar-refractivity contribution in [1.29, 1.82) is 0 Å². The molecule has 25 heavy (non-hydrogen) atoms. The molecule has 0 aliphatic carbocycles. The topological polar surface area (TPSA) is 66.8 Å². The van der Waals surface area contributed by atoms with E-state index < -0.39 is 5.97 Å². The van der Waals surface area contributed by atoms with E-state index in [1.165, 1.54) is 4.90 Å². The lowest BCUT2D eigenvalue weighted by Crippen LogP contribution is -2.35. The predicted octanol–water partition coefficient (Wildman–Crippen LogP) is 3.13. The molecule has 0 fully saturated rings. The Morgan fingerprint density at radius 1 is 1.00 bits per heavy atom. The number of ether oxygens (including phenoxy) is 1. The minimum Gasteiger partial charge on any atom is -0.497 e. The molecule has 0 aromatic heterocycles. The third kappa shape index (κ3) is 6.30. The van der Waals surface area contributed by atoms with Crippen molar-refractivity contribution in [3.8, 4) is 5.75 Å². The van der Waals surface area contributed by atoms with Gasteiger partial charge >= 0.3 is 5.97 Å². The summed E-state index contributed by atoms with van der Waals surface area (Å²) in [7, 11) is 1.62. The lowest BCUT2D eigenvalue weighted by molar-refractivity contribution is -0.144. The third-order valence-electron chi connectivity index (χ3n) is 3.91. The molecular formula is C20H23NO4. The normalized spacial score (nSPS) is 10.3. The summed E-state index contributed by atoms with van der Waals surface area (Å²) < 4.78 is 5.12. The molecule has 0 saturated heterocycles. The fraction of sp³-hybridized carbons (Fsp3) is 0.300. The number of carbonyl (C=O) groups excluding carboxylic acids is 1. The second-order valence-electron chi connectivity index (χ2n) is 5.83. The molecule has 2 aromatic carbocycles. The van der Waals surface area contributed by atoms with Gasteiger partial charge in [-0.15, -0.1) is 0 Å². The molecule has 0 heterocycles. The van der Waals surface area contributed by atoms with Gasteiger partial charge in [-0.05, 0) is 36.1 Å². The number of carboxylic acids is 1. The van der Waals surface area contributed by atoms with Crippen LogP contribution in [0.15, 0.2) is 54.6 Å². The number of methoxy groups -OCH3 is 1. The molecule has 0 atom stereocenters. The minimum absolute atomic E-state index is 0.139. The Bertz CT molecular complexity index is 683. The SMILES string of the molecule is COc1ccc(CCCC(=O)N(CC(=O)O)Cc2ccccc2)cc1. The lowest BCUT2D eigenvalue weighted by Gasteiger charge is -2.21. The summed E-state index contributed by atoms with van der Waals surface area (Å²) in [5.74, 6) is -0.338. The molecule has 0 aliphatic heterocycles. The monoisotopic (exact) mass is 341 g/mol. The van der Waals surface area contributed by atoms with Gasteiger partial charge in [0.25, 0.3) is 0 Å². The maximum absolute atomic E-state index is 12.4. The quantitative estimate of drug-likeness (QED) is 0.761. The van der Waals surface area contributed by atoms with Crippen LogP contribution in [0.5, 0.6) is 5.75 Å². The Balaban J connectivity index is 1.88. The van der Waals surface area contributed by atoms with Gasteiger partial charge in [0.2, 0.25) is 5.91 Å². The summed E-state index contributed by atoms with van der Waals surface area (Å²) in [6, 6.07) is 17.2. The van der Waals surface area contributed by atoms with Gasteiger partial charge in [0.05, 0.1) is 7.11 Å². The van der Waals surface area contributed by atoms with Crippen molar-refractivity contribution in [2.45, 2.75) is 25.8 Å². The smallest absolute Gasteiger partial charge is 0.323 e. The summed E-state index contributed by atoms with van der Waals surface area (Å²) >= 11 is 0. The molecule has 0 unspecified atom stereocenters. The van der Waals surface area contributed by atoms with Crippen LogP contribution in [-0.2, 0) is 22.6 Å². The van der Waals surface area contributed by atoms with Crippen LogP contribution < -0.4 is 4.74 Å². The number of hydrogen-bond donors (Lipinski definition) is 1. The molecule has 1 amide bonds. The first-order valence-corrected chi connectivity index (χ1v) is 8.25. The van der Waals surface area contributed by atoms with E-state index in [-0.39, 0.29) is 12.5 Å². The van der Waals surface area contributed by atoms with Crippen molar-refractivity contribution in [3.63, 3.8) is 0 Å². The number of aliphatic carboxylic acids is 1. The summed E-state index contributed by atoms with van der Waals surface area (Å²) in [5, 5.41) is 9.06.